The van der Waals surface area contributed by atoms with Crippen LogP contribution in [0.25, 0.3) is 0 Å². The van der Waals surface area contributed by atoms with Crippen molar-refractivity contribution < 1.29 is 4.79 Å². The summed E-state index contributed by atoms with van der Waals surface area (Å²) in [4.78, 5) is 16.5. The summed E-state index contributed by atoms with van der Waals surface area (Å²) < 4.78 is 0. The Balaban J connectivity index is 1.94. The predicted octanol–water partition coefficient (Wildman–Crippen LogP) is 1.92. The van der Waals surface area contributed by atoms with Gasteiger partial charge in [0.15, 0.2) is 0 Å². The fourth-order valence-corrected chi connectivity index (χ4v) is 2.92. The molecule has 1 amide bonds. The van der Waals surface area contributed by atoms with Crippen LogP contribution in [0.4, 0.5) is 0 Å². The third kappa shape index (κ3) is 4.05. The van der Waals surface area contributed by atoms with E-state index in [-0.39, 0.29) is 5.91 Å². The molecular weight excluding hydrogens is 262 g/mol. The molecule has 0 spiro atoms. The van der Waals surface area contributed by atoms with Crippen molar-refractivity contribution in [3.05, 3.63) is 35.9 Å². The van der Waals surface area contributed by atoms with Gasteiger partial charge in [-0.15, -0.1) is 0 Å². The number of hydrogen-bond donors (Lipinski definition) is 0. The minimum absolute atomic E-state index is 0.0679. The van der Waals surface area contributed by atoms with Crippen molar-refractivity contribution in [2.24, 2.45) is 5.92 Å². The number of carbonyl (C=O) groups is 1. The zero-order chi connectivity index (χ0) is 15.2. The van der Waals surface area contributed by atoms with E-state index in [0.29, 0.717) is 19.0 Å². The summed E-state index contributed by atoms with van der Waals surface area (Å²) in [5, 5.41) is 9.31. The number of benzene rings is 1. The third-order valence-corrected chi connectivity index (χ3v) is 4.27. The standard InChI is InChI=1S/C17H23N3O/c1-19-10-6-9-16(19)13-20(2)17(21)15(12-18)11-14-7-4-3-5-8-14/h3-5,7-8,15-16H,6,9-11,13H2,1-2H3. The molecule has 1 aromatic rings. The van der Waals surface area contributed by atoms with Gasteiger partial charge < -0.3 is 9.80 Å². The molecule has 1 heterocycles. The Kier molecular flexibility index (Phi) is 5.35. The molecule has 0 aliphatic carbocycles. The molecular formula is C17H23N3O. The van der Waals surface area contributed by atoms with E-state index >= 15 is 0 Å². The Hall–Kier alpha value is -1.86. The van der Waals surface area contributed by atoms with Crippen molar-refractivity contribution in [3.8, 4) is 6.07 Å². The minimum atomic E-state index is -0.593. The Morgan fingerprint density at radius 1 is 1.48 bits per heavy atom. The van der Waals surface area contributed by atoms with E-state index in [1.54, 1.807) is 4.90 Å². The Morgan fingerprint density at radius 3 is 2.76 bits per heavy atom. The van der Waals surface area contributed by atoms with Gasteiger partial charge in [0.25, 0.3) is 0 Å². The van der Waals surface area contributed by atoms with Gasteiger partial charge in [-0.25, -0.2) is 0 Å². The normalized spacial score (nSPS) is 20.0. The number of hydrogen-bond acceptors (Lipinski definition) is 3. The van der Waals surface area contributed by atoms with Crippen molar-refractivity contribution >= 4 is 5.91 Å². The van der Waals surface area contributed by atoms with Crippen molar-refractivity contribution in [3.63, 3.8) is 0 Å². The number of likely N-dealkylation sites (N-methyl/N-ethyl adjacent to an activating group) is 2. The van der Waals surface area contributed by atoms with Gasteiger partial charge in [-0.05, 0) is 38.4 Å². The first-order valence-corrected chi connectivity index (χ1v) is 7.50. The number of likely N-dealkylation sites (tertiary alicyclic amines) is 1. The Bertz CT molecular complexity index is 509. The highest BCUT2D eigenvalue weighted by Gasteiger charge is 2.27. The first kappa shape index (κ1) is 15.5. The molecule has 4 nitrogen and oxygen atoms in total. The van der Waals surface area contributed by atoms with Gasteiger partial charge in [0.2, 0.25) is 5.91 Å². The molecule has 0 radical (unpaired) electrons. The molecule has 0 N–H and O–H groups in total. The highest BCUT2D eigenvalue weighted by atomic mass is 16.2. The topological polar surface area (TPSA) is 47.3 Å². The third-order valence-electron chi connectivity index (χ3n) is 4.27. The van der Waals surface area contributed by atoms with Crippen LogP contribution in [0.2, 0.25) is 0 Å². The van der Waals surface area contributed by atoms with Crippen LogP contribution >= 0.6 is 0 Å². The van der Waals surface area contributed by atoms with Crippen LogP contribution in [-0.4, -0.2) is 48.9 Å². The second-order valence-corrected chi connectivity index (χ2v) is 5.87. The molecule has 112 valence electrons. The van der Waals surface area contributed by atoms with Gasteiger partial charge in [-0.1, -0.05) is 30.3 Å². The summed E-state index contributed by atoms with van der Waals surface area (Å²) in [7, 11) is 3.91. The molecule has 2 unspecified atom stereocenters. The van der Waals surface area contributed by atoms with Gasteiger partial charge in [-0.3, -0.25) is 4.79 Å². The maximum atomic E-state index is 12.5. The van der Waals surface area contributed by atoms with Crippen LogP contribution in [-0.2, 0) is 11.2 Å². The lowest BCUT2D eigenvalue weighted by Gasteiger charge is -2.27. The second-order valence-electron chi connectivity index (χ2n) is 5.87. The number of carbonyl (C=O) groups excluding carboxylic acids is 1. The van der Waals surface area contributed by atoms with E-state index in [2.05, 4.69) is 18.0 Å². The molecule has 1 aliphatic rings. The molecule has 1 fully saturated rings. The van der Waals surface area contributed by atoms with E-state index in [1.165, 1.54) is 6.42 Å². The molecule has 0 aromatic heterocycles. The molecule has 2 rings (SSSR count). The van der Waals surface area contributed by atoms with Crippen molar-refractivity contribution in [1.82, 2.24) is 9.80 Å². The van der Waals surface area contributed by atoms with Crippen LogP contribution in [0.5, 0.6) is 0 Å². The lowest BCUT2D eigenvalue weighted by atomic mass is 9.99. The van der Waals surface area contributed by atoms with Gasteiger partial charge >= 0.3 is 0 Å². The molecule has 0 bridgehead atoms. The number of nitrogens with zero attached hydrogens (tertiary/aromatic N) is 3. The number of nitriles is 1. The van der Waals surface area contributed by atoms with E-state index in [0.717, 1.165) is 18.5 Å². The monoisotopic (exact) mass is 285 g/mol. The molecule has 21 heavy (non-hydrogen) atoms. The summed E-state index contributed by atoms with van der Waals surface area (Å²) in [6.07, 6.45) is 2.81. The van der Waals surface area contributed by atoms with E-state index in [1.807, 2.05) is 37.4 Å². The smallest absolute Gasteiger partial charge is 0.240 e. The van der Waals surface area contributed by atoms with Crippen LogP contribution in [0.1, 0.15) is 18.4 Å². The molecule has 0 saturated carbocycles. The average molecular weight is 285 g/mol. The predicted molar refractivity (Wildman–Crippen MR) is 82.5 cm³/mol. The van der Waals surface area contributed by atoms with Crippen LogP contribution < -0.4 is 0 Å². The molecule has 1 saturated heterocycles. The maximum Gasteiger partial charge on any atom is 0.240 e. The van der Waals surface area contributed by atoms with Gasteiger partial charge in [-0.2, -0.15) is 5.26 Å². The lowest BCUT2D eigenvalue weighted by Crippen LogP contribution is -2.42. The number of rotatable bonds is 5. The average Bonchev–Trinajstić information content (AvgIpc) is 2.90. The first-order valence-electron chi connectivity index (χ1n) is 7.50. The zero-order valence-electron chi connectivity index (χ0n) is 12.8. The van der Waals surface area contributed by atoms with Gasteiger partial charge in [0.05, 0.1) is 6.07 Å². The van der Waals surface area contributed by atoms with Crippen LogP contribution in [0.3, 0.4) is 0 Å². The van der Waals surface area contributed by atoms with E-state index in [4.69, 9.17) is 0 Å². The Labute approximate surface area is 127 Å². The van der Waals surface area contributed by atoms with E-state index in [9.17, 15) is 10.1 Å². The summed E-state index contributed by atoms with van der Waals surface area (Å²) in [6.45, 7) is 1.81. The number of amides is 1. The lowest BCUT2D eigenvalue weighted by molar-refractivity contribution is -0.133. The summed E-state index contributed by atoms with van der Waals surface area (Å²) >= 11 is 0. The first-order chi connectivity index (χ1) is 10.1. The highest BCUT2D eigenvalue weighted by molar-refractivity contribution is 5.81. The molecule has 1 aromatic carbocycles. The molecule has 1 aliphatic heterocycles. The maximum absolute atomic E-state index is 12.5. The van der Waals surface area contributed by atoms with Crippen molar-refractivity contribution in [2.75, 3.05) is 27.2 Å². The summed E-state index contributed by atoms with van der Waals surface area (Å²) in [5.74, 6) is -0.661. The quantitative estimate of drug-likeness (QED) is 0.830. The van der Waals surface area contributed by atoms with Crippen LogP contribution in [0.15, 0.2) is 30.3 Å². The van der Waals surface area contributed by atoms with Gasteiger partial charge in [0.1, 0.15) is 5.92 Å². The second kappa shape index (κ2) is 7.24. The Morgan fingerprint density at radius 2 is 2.19 bits per heavy atom. The van der Waals surface area contributed by atoms with E-state index < -0.39 is 5.92 Å². The fraction of sp³-hybridized carbons (Fsp3) is 0.529. The minimum Gasteiger partial charge on any atom is -0.343 e. The molecule has 2 atom stereocenters. The summed E-state index contributed by atoms with van der Waals surface area (Å²) in [5.41, 5.74) is 1.03. The highest BCUT2D eigenvalue weighted by Crippen LogP contribution is 2.17. The largest absolute Gasteiger partial charge is 0.343 e. The van der Waals surface area contributed by atoms with Gasteiger partial charge in [0, 0.05) is 19.6 Å². The summed E-state index contributed by atoms with van der Waals surface area (Å²) in [6, 6.07) is 12.3. The molecule has 4 heteroatoms. The van der Waals surface area contributed by atoms with Crippen molar-refractivity contribution in [2.45, 2.75) is 25.3 Å². The zero-order valence-corrected chi connectivity index (χ0v) is 12.8. The SMILES string of the molecule is CN(CC1CCCN1C)C(=O)C(C#N)Cc1ccccc1. The fourth-order valence-electron chi connectivity index (χ4n) is 2.92. The van der Waals surface area contributed by atoms with Crippen LogP contribution in [0, 0.1) is 17.2 Å². The van der Waals surface area contributed by atoms with Crippen molar-refractivity contribution in [1.29, 1.82) is 5.26 Å².